The highest BCUT2D eigenvalue weighted by Crippen LogP contribution is 2.41. The van der Waals surface area contributed by atoms with Crippen LogP contribution in [0.2, 0.25) is 0 Å². The normalized spacial score (nSPS) is 23.0. The molecule has 0 aromatic rings. The molecule has 1 rings (SSSR count). The van der Waals surface area contributed by atoms with Crippen molar-refractivity contribution in [2.24, 2.45) is 11.1 Å². The van der Waals surface area contributed by atoms with Gasteiger partial charge in [-0.15, -0.1) is 0 Å². The Balaban J connectivity index is 2.71. The molecular formula is C10H19NO2S. The second-order valence-corrected chi connectivity index (χ2v) is 5.28. The first-order valence-corrected chi connectivity index (χ1v) is 6.31. The molecule has 82 valence electrons. The average Bonchev–Trinajstić information content (AvgIpc) is 2.17. The quantitative estimate of drug-likeness (QED) is 0.752. The Morgan fingerprint density at radius 1 is 1.57 bits per heavy atom. The number of nitrogens with two attached hydrogens (primary N) is 1. The van der Waals surface area contributed by atoms with Gasteiger partial charge in [-0.05, 0) is 36.2 Å². The average molecular weight is 217 g/mol. The number of rotatable bonds is 4. The summed E-state index contributed by atoms with van der Waals surface area (Å²) < 4.78 is 0. The molecule has 0 aromatic heterocycles. The Bertz CT molecular complexity index is 202. The van der Waals surface area contributed by atoms with Crippen LogP contribution in [0, 0.1) is 5.41 Å². The predicted molar refractivity (Wildman–Crippen MR) is 59.5 cm³/mol. The van der Waals surface area contributed by atoms with E-state index in [0.29, 0.717) is 0 Å². The van der Waals surface area contributed by atoms with E-state index in [1.54, 1.807) is 0 Å². The van der Waals surface area contributed by atoms with Gasteiger partial charge in [0, 0.05) is 6.04 Å². The number of hydrogen-bond acceptors (Lipinski definition) is 3. The Morgan fingerprint density at radius 2 is 2.14 bits per heavy atom. The van der Waals surface area contributed by atoms with Crippen LogP contribution < -0.4 is 5.73 Å². The van der Waals surface area contributed by atoms with Gasteiger partial charge in [-0.3, -0.25) is 4.79 Å². The van der Waals surface area contributed by atoms with Crippen LogP contribution in [0.15, 0.2) is 0 Å². The van der Waals surface area contributed by atoms with Gasteiger partial charge in [-0.1, -0.05) is 6.92 Å². The van der Waals surface area contributed by atoms with E-state index >= 15 is 0 Å². The number of carboxylic acid groups (broad SMARTS) is 1. The molecule has 0 saturated carbocycles. The lowest BCUT2D eigenvalue weighted by atomic mass is 9.72. The minimum Gasteiger partial charge on any atom is -0.481 e. The van der Waals surface area contributed by atoms with Crippen molar-refractivity contribution in [3.8, 4) is 0 Å². The predicted octanol–water partition coefficient (Wildman–Crippen LogP) is 1.71. The van der Waals surface area contributed by atoms with Crippen molar-refractivity contribution in [2.45, 2.75) is 38.6 Å². The lowest BCUT2D eigenvalue weighted by Gasteiger charge is -2.40. The Hall–Kier alpha value is -0.220. The van der Waals surface area contributed by atoms with Gasteiger partial charge in [0.15, 0.2) is 0 Å². The van der Waals surface area contributed by atoms with E-state index in [-0.39, 0.29) is 17.9 Å². The van der Waals surface area contributed by atoms with Gasteiger partial charge < -0.3 is 10.8 Å². The Labute approximate surface area is 89.4 Å². The van der Waals surface area contributed by atoms with E-state index in [1.807, 2.05) is 18.7 Å². The molecular weight excluding hydrogens is 198 g/mol. The SMILES string of the molecule is CCC(N)C1(CC(=O)O)CCSCC1. The topological polar surface area (TPSA) is 63.3 Å². The highest BCUT2D eigenvalue weighted by atomic mass is 32.2. The molecule has 3 nitrogen and oxygen atoms in total. The minimum absolute atomic E-state index is 0.0412. The first-order chi connectivity index (χ1) is 6.60. The molecule has 0 aromatic carbocycles. The zero-order chi connectivity index (χ0) is 10.6. The molecule has 0 bridgehead atoms. The zero-order valence-electron chi connectivity index (χ0n) is 8.66. The maximum Gasteiger partial charge on any atom is 0.303 e. The summed E-state index contributed by atoms with van der Waals surface area (Å²) in [6.45, 7) is 2.04. The molecule has 1 heterocycles. The van der Waals surface area contributed by atoms with Crippen molar-refractivity contribution in [2.75, 3.05) is 11.5 Å². The van der Waals surface area contributed by atoms with E-state index in [9.17, 15) is 4.79 Å². The molecule has 1 saturated heterocycles. The third kappa shape index (κ3) is 2.64. The molecule has 0 radical (unpaired) electrons. The second kappa shape index (κ2) is 5.03. The molecule has 1 aliphatic heterocycles. The standard InChI is InChI=1S/C10H19NO2S/c1-2-8(11)10(7-9(12)13)3-5-14-6-4-10/h8H,2-7,11H2,1H3,(H,12,13). The lowest BCUT2D eigenvalue weighted by Crippen LogP contribution is -2.45. The molecule has 3 N–H and O–H groups in total. The highest BCUT2D eigenvalue weighted by Gasteiger charge is 2.39. The largest absolute Gasteiger partial charge is 0.481 e. The molecule has 0 spiro atoms. The van der Waals surface area contributed by atoms with Crippen LogP contribution in [-0.4, -0.2) is 28.6 Å². The summed E-state index contributed by atoms with van der Waals surface area (Å²) in [6.07, 6.45) is 3.03. The van der Waals surface area contributed by atoms with Crippen LogP contribution in [0.25, 0.3) is 0 Å². The number of aliphatic carboxylic acids is 1. The number of carbonyl (C=O) groups is 1. The fourth-order valence-electron chi connectivity index (χ4n) is 2.19. The summed E-state index contributed by atoms with van der Waals surface area (Å²) in [5, 5.41) is 8.91. The van der Waals surface area contributed by atoms with Gasteiger partial charge in [0.1, 0.15) is 0 Å². The van der Waals surface area contributed by atoms with Gasteiger partial charge in [-0.25, -0.2) is 0 Å². The Morgan fingerprint density at radius 3 is 2.57 bits per heavy atom. The monoisotopic (exact) mass is 217 g/mol. The highest BCUT2D eigenvalue weighted by molar-refractivity contribution is 7.99. The van der Waals surface area contributed by atoms with Gasteiger partial charge >= 0.3 is 5.97 Å². The molecule has 1 unspecified atom stereocenters. The summed E-state index contributed by atoms with van der Waals surface area (Å²) in [7, 11) is 0. The second-order valence-electron chi connectivity index (χ2n) is 4.06. The van der Waals surface area contributed by atoms with Crippen molar-refractivity contribution in [1.82, 2.24) is 0 Å². The summed E-state index contributed by atoms with van der Waals surface area (Å²) in [5.41, 5.74) is 5.93. The van der Waals surface area contributed by atoms with Crippen LogP contribution in [-0.2, 0) is 4.79 Å². The molecule has 4 heteroatoms. The molecule has 1 atom stereocenters. The minimum atomic E-state index is -0.708. The van der Waals surface area contributed by atoms with Gasteiger partial charge in [0.05, 0.1) is 6.42 Å². The maximum absolute atomic E-state index is 10.8. The zero-order valence-corrected chi connectivity index (χ0v) is 9.48. The molecule has 0 amide bonds. The van der Waals surface area contributed by atoms with E-state index in [1.165, 1.54) is 0 Å². The first kappa shape index (κ1) is 11.9. The Kier molecular flexibility index (Phi) is 4.26. The maximum atomic E-state index is 10.8. The number of hydrogen-bond donors (Lipinski definition) is 2. The first-order valence-electron chi connectivity index (χ1n) is 5.16. The smallest absolute Gasteiger partial charge is 0.303 e. The lowest BCUT2D eigenvalue weighted by molar-refractivity contribution is -0.140. The summed E-state index contributed by atoms with van der Waals surface area (Å²) in [4.78, 5) is 10.8. The van der Waals surface area contributed by atoms with Crippen molar-refractivity contribution < 1.29 is 9.90 Å². The number of carboxylic acids is 1. The van der Waals surface area contributed by atoms with Crippen molar-refractivity contribution in [3.63, 3.8) is 0 Å². The number of thioether (sulfide) groups is 1. The van der Waals surface area contributed by atoms with Crippen molar-refractivity contribution in [1.29, 1.82) is 0 Å². The third-order valence-corrected chi connectivity index (χ3v) is 4.20. The molecule has 1 aliphatic rings. The summed E-state index contributed by atoms with van der Waals surface area (Å²) in [6, 6.07) is 0.0412. The van der Waals surface area contributed by atoms with Crippen LogP contribution in [0.5, 0.6) is 0 Å². The van der Waals surface area contributed by atoms with Crippen molar-refractivity contribution in [3.05, 3.63) is 0 Å². The van der Waals surface area contributed by atoms with Crippen LogP contribution >= 0.6 is 11.8 Å². The molecule has 1 fully saturated rings. The summed E-state index contributed by atoms with van der Waals surface area (Å²) in [5.74, 6) is 1.41. The van der Waals surface area contributed by atoms with Gasteiger partial charge in [-0.2, -0.15) is 11.8 Å². The fraction of sp³-hybridized carbons (Fsp3) is 0.900. The molecule has 14 heavy (non-hydrogen) atoms. The fourth-order valence-corrected chi connectivity index (χ4v) is 3.50. The third-order valence-electron chi connectivity index (χ3n) is 3.22. The van der Waals surface area contributed by atoms with Crippen LogP contribution in [0.1, 0.15) is 32.6 Å². The summed E-state index contributed by atoms with van der Waals surface area (Å²) >= 11 is 1.90. The van der Waals surface area contributed by atoms with E-state index in [4.69, 9.17) is 10.8 Å². The van der Waals surface area contributed by atoms with Crippen molar-refractivity contribution >= 4 is 17.7 Å². The van der Waals surface area contributed by atoms with E-state index < -0.39 is 5.97 Å². The van der Waals surface area contributed by atoms with E-state index in [2.05, 4.69) is 0 Å². The van der Waals surface area contributed by atoms with Gasteiger partial charge in [0.2, 0.25) is 0 Å². The van der Waals surface area contributed by atoms with E-state index in [0.717, 1.165) is 30.8 Å². The van der Waals surface area contributed by atoms with Crippen LogP contribution in [0.3, 0.4) is 0 Å². The van der Waals surface area contributed by atoms with Gasteiger partial charge in [0.25, 0.3) is 0 Å². The molecule has 0 aliphatic carbocycles. The van der Waals surface area contributed by atoms with Crippen LogP contribution in [0.4, 0.5) is 0 Å².